The lowest BCUT2D eigenvalue weighted by atomic mass is 9.89. The molecule has 1 aliphatic heterocycles. The van der Waals surface area contributed by atoms with Crippen molar-refractivity contribution < 1.29 is 43.3 Å². The van der Waals surface area contributed by atoms with Crippen molar-refractivity contribution in [1.29, 1.82) is 0 Å². The number of nitrogens with zero attached hydrogens (tertiary/aromatic N) is 3. The Morgan fingerprint density at radius 3 is 2.03 bits per heavy atom. The Bertz CT molecular complexity index is 1720. The van der Waals surface area contributed by atoms with Crippen molar-refractivity contribution in [1.82, 2.24) is 25.3 Å². The summed E-state index contributed by atoms with van der Waals surface area (Å²) in [5.74, 6) is -2.48. The number of nitrogens with one attached hydrogen (secondary N) is 2. The first-order valence-corrected chi connectivity index (χ1v) is 22.2. The number of amides is 4. The molecule has 62 heavy (non-hydrogen) atoms. The summed E-state index contributed by atoms with van der Waals surface area (Å²) in [5, 5.41) is 15.6. The fourth-order valence-electron chi connectivity index (χ4n) is 8.89. The van der Waals surface area contributed by atoms with Crippen LogP contribution in [0, 0.1) is 23.7 Å². The van der Waals surface area contributed by atoms with Crippen molar-refractivity contribution in [2.24, 2.45) is 23.7 Å². The Balaban J connectivity index is 1.77. The van der Waals surface area contributed by atoms with Crippen LogP contribution in [-0.2, 0) is 51.0 Å². The number of carbonyl (C=O) groups is 5. The molecule has 1 saturated heterocycles. The highest BCUT2D eigenvalue weighted by atomic mass is 16.5. The van der Waals surface area contributed by atoms with Crippen LogP contribution in [0.15, 0.2) is 54.6 Å². The van der Waals surface area contributed by atoms with E-state index < -0.39 is 54.3 Å². The number of hydrogen-bond donors (Lipinski definition) is 3. The van der Waals surface area contributed by atoms with Gasteiger partial charge in [-0.15, -0.1) is 0 Å². The van der Waals surface area contributed by atoms with E-state index in [1.807, 2.05) is 96.0 Å². The zero-order valence-corrected chi connectivity index (χ0v) is 39.3. The lowest BCUT2D eigenvalue weighted by molar-refractivity contribution is -0.149. The van der Waals surface area contributed by atoms with Crippen molar-refractivity contribution in [2.45, 2.75) is 129 Å². The van der Waals surface area contributed by atoms with Gasteiger partial charge in [-0.05, 0) is 67.3 Å². The topological polar surface area (TPSA) is 167 Å². The molecule has 3 rings (SSSR count). The van der Waals surface area contributed by atoms with E-state index in [4.69, 9.17) is 14.2 Å². The van der Waals surface area contributed by atoms with Crippen LogP contribution in [-0.4, -0.2) is 140 Å². The molecular weight excluding hydrogens is 791 g/mol. The number of likely N-dealkylation sites (tertiary alicyclic amines) is 1. The molecule has 0 unspecified atom stereocenters. The van der Waals surface area contributed by atoms with Gasteiger partial charge in [-0.3, -0.25) is 24.1 Å². The summed E-state index contributed by atoms with van der Waals surface area (Å²) >= 11 is 0. The van der Waals surface area contributed by atoms with Gasteiger partial charge in [0.1, 0.15) is 17.8 Å². The van der Waals surface area contributed by atoms with E-state index in [1.165, 1.54) is 14.2 Å². The molecule has 2 aromatic rings. The number of methoxy groups -OCH3 is 3. The number of rotatable bonds is 24. The fraction of sp³-hybridized carbons (Fsp3) is 0.646. The molecule has 0 saturated carbocycles. The van der Waals surface area contributed by atoms with Gasteiger partial charge in [0.15, 0.2) is 0 Å². The third-order valence-electron chi connectivity index (χ3n) is 12.6. The Hall–Kier alpha value is -4.53. The molecule has 3 N–H and O–H groups in total. The molecule has 14 heteroatoms. The molecular formula is C48H75N5O9. The van der Waals surface area contributed by atoms with Crippen LogP contribution in [0.4, 0.5) is 0 Å². The van der Waals surface area contributed by atoms with Gasteiger partial charge >= 0.3 is 5.97 Å². The standard InChI is InChI=1S/C48H75N5O9/c1-13-32(6)43(52(9)47(58)41(30(2)3)50-46(57)42(31(4)5)51(8)27-25-34-21-23-36(54)24-22-34)39(60-10)29-40(55)53-26-17-20-38(53)44(61-11)33(7)45(56)49-37(48(59)62-12)28-35-18-15-14-16-19-35/h14-16,18-19,21-24,30-33,37-39,41-44,54H,13,17,20,25-29H2,1-12H3,(H,49,56)(H,50,57)/t32-,33+,37-,38-,39+,41-,42-,43-,44+/m0/s1. The maximum atomic E-state index is 14.5. The van der Waals surface area contributed by atoms with Gasteiger partial charge in [0, 0.05) is 40.8 Å². The highest BCUT2D eigenvalue weighted by Gasteiger charge is 2.43. The molecule has 346 valence electrons. The van der Waals surface area contributed by atoms with Gasteiger partial charge in [-0.2, -0.15) is 0 Å². The number of aromatic hydroxyl groups is 1. The summed E-state index contributed by atoms with van der Waals surface area (Å²) in [7, 11) is 7.99. The summed E-state index contributed by atoms with van der Waals surface area (Å²) in [6.07, 6.45) is 1.63. The molecule has 9 atom stereocenters. The van der Waals surface area contributed by atoms with E-state index in [0.29, 0.717) is 38.8 Å². The van der Waals surface area contributed by atoms with Crippen molar-refractivity contribution >= 4 is 29.6 Å². The molecule has 14 nitrogen and oxygen atoms in total. The smallest absolute Gasteiger partial charge is 0.328 e. The number of phenols is 1. The zero-order chi connectivity index (χ0) is 46.3. The normalized spacial score (nSPS) is 18.0. The second-order valence-electron chi connectivity index (χ2n) is 17.7. The maximum Gasteiger partial charge on any atom is 0.328 e. The largest absolute Gasteiger partial charge is 0.508 e. The van der Waals surface area contributed by atoms with E-state index in [0.717, 1.165) is 11.1 Å². The van der Waals surface area contributed by atoms with Crippen LogP contribution in [0.3, 0.4) is 0 Å². The summed E-state index contributed by atoms with van der Waals surface area (Å²) in [4.78, 5) is 74.8. The predicted molar refractivity (Wildman–Crippen MR) is 240 cm³/mol. The fourth-order valence-corrected chi connectivity index (χ4v) is 8.89. The van der Waals surface area contributed by atoms with E-state index >= 15 is 0 Å². The molecule has 0 radical (unpaired) electrons. The molecule has 1 fully saturated rings. The number of hydrogen-bond acceptors (Lipinski definition) is 10. The molecule has 4 amide bonds. The summed E-state index contributed by atoms with van der Waals surface area (Å²) in [6.45, 7) is 14.7. The Labute approximate surface area is 370 Å². The Morgan fingerprint density at radius 2 is 1.48 bits per heavy atom. The van der Waals surface area contributed by atoms with E-state index in [1.54, 1.807) is 43.0 Å². The number of ether oxygens (including phenoxy) is 3. The first kappa shape index (κ1) is 51.8. The number of esters is 1. The van der Waals surface area contributed by atoms with Crippen molar-refractivity contribution in [2.75, 3.05) is 48.5 Å². The van der Waals surface area contributed by atoms with Crippen LogP contribution in [0.5, 0.6) is 5.75 Å². The van der Waals surface area contributed by atoms with E-state index in [2.05, 4.69) is 10.6 Å². The quantitative estimate of drug-likeness (QED) is 0.124. The van der Waals surface area contributed by atoms with Crippen LogP contribution < -0.4 is 10.6 Å². The number of benzene rings is 2. The molecule has 0 bridgehead atoms. The summed E-state index contributed by atoms with van der Waals surface area (Å²) in [6, 6.07) is 13.3. The van der Waals surface area contributed by atoms with Gasteiger partial charge < -0.3 is 39.8 Å². The van der Waals surface area contributed by atoms with Gasteiger partial charge in [0.05, 0.1) is 49.8 Å². The number of phenolic OH excluding ortho intramolecular Hbond substituents is 1. The van der Waals surface area contributed by atoms with Gasteiger partial charge in [0.25, 0.3) is 0 Å². The third-order valence-corrected chi connectivity index (χ3v) is 12.6. The Kier molecular flexibility index (Phi) is 20.8. The van der Waals surface area contributed by atoms with E-state index in [-0.39, 0.29) is 60.0 Å². The average Bonchev–Trinajstić information content (AvgIpc) is 3.74. The molecule has 0 spiro atoms. The van der Waals surface area contributed by atoms with E-state index in [9.17, 15) is 29.1 Å². The zero-order valence-electron chi connectivity index (χ0n) is 39.3. The predicted octanol–water partition coefficient (Wildman–Crippen LogP) is 4.85. The molecule has 0 aliphatic carbocycles. The summed E-state index contributed by atoms with van der Waals surface area (Å²) in [5.41, 5.74) is 1.91. The minimum Gasteiger partial charge on any atom is -0.508 e. The molecule has 0 aromatic heterocycles. The van der Waals surface area contributed by atoms with Crippen molar-refractivity contribution in [3.8, 4) is 5.75 Å². The minimum atomic E-state index is -0.903. The first-order chi connectivity index (χ1) is 29.4. The maximum absolute atomic E-state index is 14.5. The van der Waals surface area contributed by atoms with Gasteiger partial charge in [-0.1, -0.05) is 97.4 Å². The summed E-state index contributed by atoms with van der Waals surface area (Å²) < 4.78 is 17.0. The van der Waals surface area contributed by atoms with Crippen molar-refractivity contribution in [3.63, 3.8) is 0 Å². The monoisotopic (exact) mass is 866 g/mol. The van der Waals surface area contributed by atoms with Crippen LogP contribution in [0.1, 0.15) is 85.3 Å². The lowest BCUT2D eigenvalue weighted by Gasteiger charge is -2.41. The average molecular weight is 866 g/mol. The molecule has 2 aromatic carbocycles. The number of likely N-dealkylation sites (N-methyl/N-ethyl adjacent to an activating group) is 2. The molecule has 1 aliphatic rings. The second-order valence-corrected chi connectivity index (χ2v) is 17.7. The first-order valence-electron chi connectivity index (χ1n) is 22.2. The minimum absolute atomic E-state index is 0.0158. The lowest BCUT2D eigenvalue weighted by Crippen LogP contribution is -2.60. The highest BCUT2D eigenvalue weighted by Crippen LogP contribution is 2.30. The van der Waals surface area contributed by atoms with Crippen LogP contribution in [0.2, 0.25) is 0 Å². The number of carbonyl (C=O) groups excluding carboxylic acids is 5. The highest BCUT2D eigenvalue weighted by molar-refractivity contribution is 5.90. The van der Waals surface area contributed by atoms with Crippen molar-refractivity contribution in [3.05, 3.63) is 65.7 Å². The SMILES string of the molecule is CC[C@H](C)[C@@H]([C@@H](CC(=O)N1CCC[C@H]1[C@H](OC)[C@@H](C)C(=O)N[C@@H](Cc1ccccc1)C(=O)OC)OC)N(C)C(=O)[C@@H](NC(=O)[C@H](C(C)C)N(C)CCc1ccc(O)cc1)C(C)C. The Morgan fingerprint density at radius 1 is 0.839 bits per heavy atom. The molecule has 1 heterocycles. The third kappa shape index (κ3) is 14.0. The van der Waals surface area contributed by atoms with Crippen LogP contribution in [0.25, 0.3) is 0 Å². The second kappa shape index (κ2) is 24.9. The van der Waals surface area contributed by atoms with Gasteiger partial charge in [0.2, 0.25) is 23.6 Å². The van der Waals surface area contributed by atoms with Gasteiger partial charge in [-0.25, -0.2) is 4.79 Å². The van der Waals surface area contributed by atoms with Crippen LogP contribution >= 0.6 is 0 Å².